The number of aromatic nitrogens is 2. The summed E-state index contributed by atoms with van der Waals surface area (Å²) in [6, 6.07) is 3.08. The topological polar surface area (TPSA) is 72.2 Å². The third-order valence-electron chi connectivity index (χ3n) is 4.52. The van der Waals surface area contributed by atoms with E-state index >= 15 is 0 Å². The molecule has 1 aromatic heterocycles. The van der Waals surface area contributed by atoms with E-state index in [1.54, 1.807) is 11.5 Å². The van der Waals surface area contributed by atoms with Gasteiger partial charge in [-0.15, -0.1) is 0 Å². The van der Waals surface area contributed by atoms with Gasteiger partial charge in [0.05, 0.1) is 0 Å². The Labute approximate surface area is 153 Å². The molecule has 0 radical (unpaired) electrons. The molecule has 0 fully saturated rings. The number of hydrogen-bond donors (Lipinski definition) is 1. The number of aliphatic carboxylic acids is 1. The summed E-state index contributed by atoms with van der Waals surface area (Å²) in [7, 11) is 0. The molecular weight excluding hydrogens is 362 g/mol. The molecule has 1 atom stereocenters. The van der Waals surface area contributed by atoms with Crippen molar-refractivity contribution in [3.63, 3.8) is 0 Å². The monoisotopic (exact) mass is 380 g/mol. The molecule has 0 amide bonds. The van der Waals surface area contributed by atoms with Crippen molar-refractivity contribution in [3.8, 4) is 0 Å². The number of benzene rings is 1. The Kier molecular flexibility index (Phi) is 5.41. The van der Waals surface area contributed by atoms with Gasteiger partial charge in [0.1, 0.15) is 11.9 Å². The summed E-state index contributed by atoms with van der Waals surface area (Å²) in [6.45, 7) is 1.75. The van der Waals surface area contributed by atoms with E-state index in [9.17, 15) is 23.5 Å². The Bertz CT molecular complexity index is 914. The first-order valence-electron chi connectivity index (χ1n) is 8.30. The van der Waals surface area contributed by atoms with Crippen molar-refractivity contribution in [2.24, 2.45) is 0 Å². The third-order valence-corrected chi connectivity index (χ3v) is 5.49. The number of carboxylic acid groups (broad SMARTS) is 1. The number of hydrogen-bond acceptors (Lipinski definition) is 4. The first-order valence-corrected chi connectivity index (χ1v) is 9.46. The Morgan fingerprint density at radius 1 is 1.35 bits per heavy atom. The maximum absolute atomic E-state index is 13.9. The van der Waals surface area contributed by atoms with Crippen molar-refractivity contribution in [1.82, 2.24) is 9.55 Å². The quantitative estimate of drug-likeness (QED) is 0.834. The zero-order chi connectivity index (χ0) is 18.8. The minimum Gasteiger partial charge on any atom is -0.480 e. The molecule has 2 heterocycles. The van der Waals surface area contributed by atoms with Crippen LogP contribution in [0.5, 0.6) is 0 Å². The van der Waals surface area contributed by atoms with Crippen molar-refractivity contribution in [2.45, 2.75) is 43.7 Å². The van der Waals surface area contributed by atoms with Gasteiger partial charge in [-0.3, -0.25) is 4.79 Å². The van der Waals surface area contributed by atoms with Gasteiger partial charge in [-0.1, -0.05) is 19.1 Å². The highest BCUT2D eigenvalue weighted by Gasteiger charge is 2.28. The SMILES string of the molecule is CCC(C(=O)O)n1c(CCc2cccc(F)c2F)nc(=O)c2c1CSC2. The van der Waals surface area contributed by atoms with E-state index in [1.165, 1.54) is 23.9 Å². The second-order valence-electron chi connectivity index (χ2n) is 6.10. The Hall–Kier alpha value is -2.22. The number of nitrogens with zero attached hydrogens (tertiary/aromatic N) is 2. The maximum Gasteiger partial charge on any atom is 0.326 e. The highest BCUT2D eigenvalue weighted by atomic mass is 32.2. The largest absolute Gasteiger partial charge is 0.480 e. The first kappa shape index (κ1) is 18.6. The molecule has 8 heteroatoms. The summed E-state index contributed by atoms with van der Waals surface area (Å²) in [5.74, 6) is -1.52. The number of carboxylic acids is 1. The van der Waals surface area contributed by atoms with Crippen molar-refractivity contribution >= 4 is 17.7 Å². The second kappa shape index (κ2) is 7.57. The highest BCUT2D eigenvalue weighted by molar-refractivity contribution is 7.98. The van der Waals surface area contributed by atoms with Crippen molar-refractivity contribution in [2.75, 3.05) is 0 Å². The molecule has 5 nitrogen and oxygen atoms in total. The molecule has 1 unspecified atom stereocenters. The lowest BCUT2D eigenvalue weighted by Crippen LogP contribution is -2.30. The predicted octanol–water partition coefficient (Wildman–Crippen LogP) is 3.09. The van der Waals surface area contributed by atoms with E-state index in [-0.39, 0.29) is 24.0 Å². The van der Waals surface area contributed by atoms with Gasteiger partial charge >= 0.3 is 5.97 Å². The highest BCUT2D eigenvalue weighted by Crippen LogP contribution is 2.31. The Morgan fingerprint density at radius 2 is 2.12 bits per heavy atom. The zero-order valence-corrected chi connectivity index (χ0v) is 15.0. The average molecular weight is 380 g/mol. The van der Waals surface area contributed by atoms with E-state index in [4.69, 9.17) is 0 Å². The summed E-state index contributed by atoms with van der Waals surface area (Å²) < 4.78 is 28.9. The molecular formula is C18H18F2N2O3S. The Morgan fingerprint density at radius 3 is 2.81 bits per heavy atom. The van der Waals surface area contributed by atoms with Crippen LogP contribution in [0, 0.1) is 11.6 Å². The number of fused-ring (bicyclic) bond motifs is 1. The summed E-state index contributed by atoms with van der Waals surface area (Å²) >= 11 is 1.54. The lowest BCUT2D eigenvalue weighted by Gasteiger charge is -2.22. The van der Waals surface area contributed by atoms with Crippen LogP contribution in [0.1, 0.15) is 42.0 Å². The van der Waals surface area contributed by atoms with Gasteiger partial charge < -0.3 is 9.67 Å². The van der Waals surface area contributed by atoms with Gasteiger partial charge in [0.25, 0.3) is 5.56 Å². The molecule has 1 aliphatic rings. The first-order chi connectivity index (χ1) is 12.4. The van der Waals surface area contributed by atoms with E-state index in [2.05, 4.69) is 4.98 Å². The number of thioether (sulfide) groups is 1. The fraction of sp³-hybridized carbons (Fsp3) is 0.389. The molecule has 0 bridgehead atoms. The van der Waals surface area contributed by atoms with Gasteiger partial charge in [0.2, 0.25) is 0 Å². The number of halogens is 2. The van der Waals surface area contributed by atoms with Crippen LogP contribution in [0.15, 0.2) is 23.0 Å². The summed E-state index contributed by atoms with van der Waals surface area (Å²) in [6.07, 6.45) is 0.605. The molecule has 1 N–H and O–H groups in total. The third kappa shape index (κ3) is 3.38. The lowest BCUT2D eigenvalue weighted by atomic mass is 10.1. The zero-order valence-electron chi connectivity index (χ0n) is 14.2. The molecule has 1 aromatic carbocycles. The predicted molar refractivity (Wildman–Crippen MR) is 94.2 cm³/mol. The molecule has 0 saturated carbocycles. The number of carbonyl (C=O) groups is 1. The summed E-state index contributed by atoms with van der Waals surface area (Å²) in [5, 5.41) is 9.57. The average Bonchev–Trinajstić information content (AvgIpc) is 3.09. The number of rotatable bonds is 6. The maximum atomic E-state index is 13.9. The van der Waals surface area contributed by atoms with Crippen LogP contribution in [0.2, 0.25) is 0 Å². The molecule has 3 rings (SSSR count). The minimum absolute atomic E-state index is 0.123. The van der Waals surface area contributed by atoms with Gasteiger partial charge in [-0.05, 0) is 24.5 Å². The minimum atomic E-state index is -1.00. The fourth-order valence-corrected chi connectivity index (χ4v) is 4.32. The summed E-state index contributed by atoms with van der Waals surface area (Å²) in [4.78, 5) is 28.1. The van der Waals surface area contributed by atoms with E-state index < -0.39 is 23.6 Å². The van der Waals surface area contributed by atoms with Crippen LogP contribution in [0.4, 0.5) is 8.78 Å². The van der Waals surface area contributed by atoms with Crippen LogP contribution in [-0.2, 0) is 29.1 Å². The van der Waals surface area contributed by atoms with Crippen LogP contribution >= 0.6 is 11.8 Å². The van der Waals surface area contributed by atoms with Crippen molar-refractivity contribution in [3.05, 3.63) is 62.8 Å². The van der Waals surface area contributed by atoms with E-state index in [0.717, 1.165) is 6.07 Å². The lowest BCUT2D eigenvalue weighted by molar-refractivity contribution is -0.141. The second-order valence-corrected chi connectivity index (χ2v) is 7.08. The normalized spacial score (nSPS) is 14.3. The van der Waals surface area contributed by atoms with Crippen molar-refractivity contribution < 1.29 is 18.7 Å². The van der Waals surface area contributed by atoms with Crippen molar-refractivity contribution in [1.29, 1.82) is 0 Å². The van der Waals surface area contributed by atoms with Gasteiger partial charge in [-0.25, -0.2) is 13.6 Å². The molecule has 26 heavy (non-hydrogen) atoms. The molecule has 2 aromatic rings. The summed E-state index contributed by atoms with van der Waals surface area (Å²) in [5.41, 5.74) is 1.02. The molecule has 138 valence electrons. The van der Waals surface area contributed by atoms with E-state index in [0.29, 0.717) is 35.0 Å². The van der Waals surface area contributed by atoms with Crippen LogP contribution < -0.4 is 5.56 Å². The smallest absolute Gasteiger partial charge is 0.326 e. The Balaban J connectivity index is 2.03. The molecule has 0 saturated heterocycles. The molecule has 0 aliphatic carbocycles. The fourth-order valence-electron chi connectivity index (χ4n) is 3.21. The van der Waals surface area contributed by atoms with Crippen LogP contribution in [-0.4, -0.2) is 20.6 Å². The molecule has 1 aliphatic heterocycles. The van der Waals surface area contributed by atoms with Crippen LogP contribution in [0.25, 0.3) is 0 Å². The number of aryl methyl sites for hydroxylation is 2. The van der Waals surface area contributed by atoms with Gasteiger partial charge in [-0.2, -0.15) is 16.7 Å². The molecule has 0 spiro atoms. The van der Waals surface area contributed by atoms with Gasteiger partial charge in [0, 0.05) is 29.2 Å². The van der Waals surface area contributed by atoms with Gasteiger partial charge in [0.15, 0.2) is 11.6 Å². The van der Waals surface area contributed by atoms with Crippen LogP contribution in [0.3, 0.4) is 0 Å². The van der Waals surface area contributed by atoms with E-state index in [1.807, 2.05) is 0 Å². The standard InChI is InChI=1S/C18H18F2N2O3S/c1-2-13(18(24)25)22-14-9-26-8-11(14)17(23)21-15(22)7-6-10-4-3-5-12(19)16(10)20/h3-5,13H,2,6-9H2,1H3,(H,24,25).